The van der Waals surface area contributed by atoms with Gasteiger partial charge in [-0.25, -0.2) is 9.59 Å². The molecule has 1 aromatic carbocycles. The molecule has 0 atom stereocenters. The van der Waals surface area contributed by atoms with Crippen LogP contribution in [0.5, 0.6) is 0 Å². The first-order chi connectivity index (χ1) is 13.0. The Morgan fingerprint density at radius 3 is 1.93 bits per heavy atom. The lowest BCUT2D eigenvalue weighted by Gasteiger charge is -2.30. The number of aromatic carboxylic acids is 2. The Hall–Kier alpha value is -3.13. The molecule has 8 nitrogen and oxygen atoms in total. The minimum Gasteiger partial charge on any atom is -0.478 e. The van der Waals surface area contributed by atoms with Crippen molar-refractivity contribution in [2.45, 2.75) is 46.3 Å². The molecule has 0 aliphatic heterocycles. The number of hydrogen-bond donors (Lipinski definition) is 4. The Kier molecular flexibility index (Phi) is 6.25. The summed E-state index contributed by atoms with van der Waals surface area (Å²) in [5.41, 5.74) is 4.72. The minimum atomic E-state index is -1.52. The van der Waals surface area contributed by atoms with Crippen molar-refractivity contribution >= 4 is 17.8 Å². The van der Waals surface area contributed by atoms with Crippen molar-refractivity contribution in [3.63, 3.8) is 0 Å². The Bertz CT molecular complexity index is 938. The number of nitrogens with zero attached hydrogens (tertiary/aromatic N) is 1. The summed E-state index contributed by atoms with van der Waals surface area (Å²) in [6.07, 6.45) is 0. The summed E-state index contributed by atoms with van der Waals surface area (Å²) in [6, 6.07) is 7.49. The first kappa shape index (κ1) is 21.2. The first-order valence-electron chi connectivity index (χ1n) is 8.92. The molecule has 0 saturated heterocycles. The summed E-state index contributed by atoms with van der Waals surface area (Å²) >= 11 is 0. The van der Waals surface area contributed by atoms with Crippen molar-refractivity contribution in [3.8, 4) is 11.1 Å². The Labute approximate surface area is 162 Å². The lowest BCUT2D eigenvalue weighted by molar-refractivity contribution is 0.0695. The van der Waals surface area contributed by atoms with Gasteiger partial charge in [0.25, 0.3) is 5.56 Å². The topological polar surface area (TPSA) is 137 Å². The highest BCUT2D eigenvalue weighted by atomic mass is 16.4. The van der Waals surface area contributed by atoms with Crippen molar-refractivity contribution in [1.29, 1.82) is 0 Å². The van der Waals surface area contributed by atoms with Gasteiger partial charge in [0.2, 0.25) is 0 Å². The molecule has 0 radical (unpaired) electrons. The van der Waals surface area contributed by atoms with Gasteiger partial charge in [-0.1, -0.05) is 24.3 Å². The van der Waals surface area contributed by atoms with Crippen molar-refractivity contribution in [2.24, 2.45) is 0 Å². The second-order valence-corrected chi connectivity index (χ2v) is 7.16. The quantitative estimate of drug-likeness (QED) is 0.573. The molecule has 0 bridgehead atoms. The third kappa shape index (κ3) is 4.23. The van der Waals surface area contributed by atoms with E-state index in [0.717, 1.165) is 5.56 Å². The number of nitrogens with one attached hydrogen (secondary N) is 1. The van der Waals surface area contributed by atoms with E-state index in [1.807, 2.05) is 0 Å². The molecular weight excluding hydrogens is 362 g/mol. The summed E-state index contributed by atoms with van der Waals surface area (Å²) in [6.45, 7) is 9.10. The van der Waals surface area contributed by atoms with Gasteiger partial charge in [0.1, 0.15) is 16.9 Å². The standard InChI is InChI=1S/C20H25N3O5/c1-10(2)23(11(3)4)9-12-5-7-13(8-6-12)14-15(19(25)26)17(21)22-18(24)16(14)20(27)28/h5-8,10-11H,9H2,1-4H3,(H,25,26)(H,27,28)(H3,21,22,24). The van der Waals surface area contributed by atoms with Gasteiger partial charge >= 0.3 is 11.9 Å². The van der Waals surface area contributed by atoms with Gasteiger partial charge in [-0.15, -0.1) is 0 Å². The zero-order valence-corrected chi connectivity index (χ0v) is 16.3. The molecule has 5 N–H and O–H groups in total. The van der Waals surface area contributed by atoms with Crippen LogP contribution < -0.4 is 11.3 Å². The smallest absolute Gasteiger partial charge is 0.342 e. The predicted molar refractivity (Wildman–Crippen MR) is 107 cm³/mol. The van der Waals surface area contributed by atoms with Crippen molar-refractivity contribution in [2.75, 3.05) is 5.73 Å². The monoisotopic (exact) mass is 387 g/mol. The van der Waals surface area contributed by atoms with E-state index in [0.29, 0.717) is 24.2 Å². The molecule has 8 heteroatoms. The maximum atomic E-state index is 12.1. The van der Waals surface area contributed by atoms with E-state index in [-0.39, 0.29) is 11.4 Å². The highest BCUT2D eigenvalue weighted by molar-refractivity contribution is 6.07. The lowest BCUT2D eigenvalue weighted by atomic mass is 9.94. The molecule has 0 aliphatic rings. The minimum absolute atomic E-state index is 0.197. The van der Waals surface area contributed by atoms with Gasteiger partial charge < -0.3 is 20.9 Å². The summed E-state index contributed by atoms with van der Waals surface area (Å²) in [5.74, 6) is -3.32. The van der Waals surface area contributed by atoms with Crippen LogP contribution in [0.4, 0.5) is 5.82 Å². The van der Waals surface area contributed by atoms with Gasteiger partial charge in [-0.05, 0) is 38.8 Å². The fraction of sp³-hybridized carbons (Fsp3) is 0.350. The van der Waals surface area contributed by atoms with Crippen LogP contribution in [-0.2, 0) is 6.54 Å². The van der Waals surface area contributed by atoms with Crippen LogP contribution in [0.25, 0.3) is 11.1 Å². The Morgan fingerprint density at radius 1 is 1.00 bits per heavy atom. The maximum absolute atomic E-state index is 12.1. The molecule has 0 fully saturated rings. The van der Waals surface area contributed by atoms with Gasteiger partial charge in [0.05, 0.1) is 0 Å². The number of carboxylic acids is 2. The second kappa shape index (κ2) is 8.26. The molecule has 0 aliphatic carbocycles. The fourth-order valence-electron chi connectivity index (χ4n) is 3.28. The third-order valence-corrected chi connectivity index (χ3v) is 4.61. The Morgan fingerprint density at radius 2 is 1.50 bits per heavy atom. The van der Waals surface area contributed by atoms with E-state index in [1.165, 1.54) is 0 Å². The lowest BCUT2D eigenvalue weighted by Crippen LogP contribution is -2.36. The number of carboxylic acid groups (broad SMARTS) is 2. The first-order valence-corrected chi connectivity index (χ1v) is 8.92. The summed E-state index contributed by atoms with van der Waals surface area (Å²) < 4.78 is 0. The number of benzene rings is 1. The van der Waals surface area contributed by atoms with Crippen LogP contribution in [0, 0.1) is 0 Å². The van der Waals surface area contributed by atoms with E-state index >= 15 is 0 Å². The molecule has 0 unspecified atom stereocenters. The molecule has 2 rings (SSSR count). The van der Waals surface area contributed by atoms with Gasteiger partial charge in [-0.2, -0.15) is 0 Å². The molecule has 0 saturated carbocycles. The zero-order chi connectivity index (χ0) is 21.2. The normalized spacial score (nSPS) is 11.4. The van der Waals surface area contributed by atoms with E-state index < -0.39 is 28.6 Å². The molecule has 0 spiro atoms. The molecule has 1 heterocycles. The van der Waals surface area contributed by atoms with Gasteiger partial charge in [0, 0.05) is 24.2 Å². The number of aromatic nitrogens is 1. The third-order valence-electron chi connectivity index (χ3n) is 4.61. The van der Waals surface area contributed by atoms with Crippen LogP contribution in [-0.4, -0.2) is 44.1 Å². The van der Waals surface area contributed by atoms with Crippen LogP contribution >= 0.6 is 0 Å². The van der Waals surface area contributed by atoms with E-state index in [9.17, 15) is 24.6 Å². The second-order valence-electron chi connectivity index (χ2n) is 7.16. The summed E-state index contributed by atoms with van der Waals surface area (Å²) in [4.78, 5) is 39.7. The number of carbonyl (C=O) groups is 2. The number of pyridine rings is 1. The Balaban J connectivity index is 2.58. The highest BCUT2D eigenvalue weighted by Crippen LogP contribution is 2.29. The van der Waals surface area contributed by atoms with Crippen LogP contribution in [0.3, 0.4) is 0 Å². The molecule has 28 heavy (non-hydrogen) atoms. The number of nitrogen functional groups attached to an aromatic ring is 1. The van der Waals surface area contributed by atoms with E-state index in [4.69, 9.17) is 5.73 Å². The fourth-order valence-corrected chi connectivity index (χ4v) is 3.28. The average Bonchev–Trinajstić information content (AvgIpc) is 2.58. The SMILES string of the molecule is CC(C)N(Cc1ccc(-c2c(C(=O)O)c(N)[nH]c(=O)c2C(=O)O)cc1)C(C)C. The number of anilines is 1. The predicted octanol–water partition coefficient (Wildman–Crippen LogP) is 2.64. The van der Waals surface area contributed by atoms with E-state index in [1.54, 1.807) is 24.3 Å². The van der Waals surface area contributed by atoms with Gasteiger partial charge in [0.15, 0.2) is 0 Å². The molecule has 1 aromatic heterocycles. The van der Waals surface area contributed by atoms with Gasteiger partial charge in [-0.3, -0.25) is 9.69 Å². The number of aromatic amines is 1. The van der Waals surface area contributed by atoms with E-state index in [2.05, 4.69) is 37.6 Å². The maximum Gasteiger partial charge on any atom is 0.342 e. The molecular formula is C20H25N3O5. The van der Waals surface area contributed by atoms with Crippen LogP contribution in [0.15, 0.2) is 29.1 Å². The largest absolute Gasteiger partial charge is 0.478 e. The molecule has 150 valence electrons. The highest BCUT2D eigenvalue weighted by Gasteiger charge is 2.26. The zero-order valence-electron chi connectivity index (χ0n) is 16.3. The number of hydrogen-bond acceptors (Lipinski definition) is 5. The van der Waals surface area contributed by atoms with Crippen molar-refractivity contribution in [1.82, 2.24) is 9.88 Å². The van der Waals surface area contributed by atoms with Crippen LogP contribution in [0.2, 0.25) is 0 Å². The molecule has 0 amide bonds. The number of H-pyrrole nitrogens is 1. The van der Waals surface area contributed by atoms with Crippen molar-refractivity contribution < 1.29 is 19.8 Å². The number of rotatable bonds is 7. The van der Waals surface area contributed by atoms with Crippen LogP contribution in [0.1, 0.15) is 54.0 Å². The summed E-state index contributed by atoms with van der Waals surface area (Å²) in [5, 5.41) is 18.9. The van der Waals surface area contributed by atoms with Crippen molar-refractivity contribution in [3.05, 3.63) is 51.3 Å². The molecule has 2 aromatic rings. The average molecular weight is 387 g/mol. The number of nitrogens with two attached hydrogens (primary N) is 1. The summed E-state index contributed by atoms with van der Waals surface area (Å²) in [7, 11) is 0.